The molecule has 0 radical (unpaired) electrons. The van der Waals surface area contributed by atoms with Crippen molar-refractivity contribution in [3.63, 3.8) is 0 Å². The largest absolute Gasteiger partial charge is 0.454 e. The van der Waals surface area contributed by atoms with Crippen molar-refractivity contribution in [2.45, 2.75) is 4.90 Å². The first-order valence-electron chi connectivity index (χ1n) is 9.18. The van der Waals surface area contributed by atoms with Gasteiger partial charge in [0.15, 0.2) is 12.4 Å². The fourth-order valence-corrected chi connectivity index (χ4v) is 4.29. The van der Waals surface area contributed by atoms with Crippen LogP contribution in [0.5, 0.6) is 0 Å². The van der Waals surface area contributed by atoms with Gasteiger partial charge >= 0.3 is 5.97 Å². The fraction of sp³-hybridized carbons (Fsp3) is 0.238. The Morgan fingerprint density at radius 2 is 1.67 bits per heavy atom. The first kappa shape index (κ1) is 22.2. The van der Waals surface area contributed by atoms with Crippen LogP contribution in [0.4, 0.5) is 0 Å². The van der Waals surface area contributed by atoms with Gasteiger partial charge in [0.25, 0.3) is 0 Å². The number of Topliss-reactive ketones (excluding diaryl/α,β-unsaturated/α-hetero) is 1. The predicted octanol–water partition coefficient (Wildman–Crippen LogP) is 2.80. The molecular formula is C21H20ClNO6S. The Labute approximate surface area is 179 Å². The summed E-state index contributed by atoms with van der Waals surface area (Å²) >= 11 is 5.77. The number of sulfonamides is 1. The summed E-state index contributed by atoms with van der Waals surface area (Å²) in [5, 5.41) is 0.509. The van der Waals surface area contributed by atoms with Crippen molar-refractivity contribution >= 4 is 39.5 Å². The minimum Gasteiger partial charge on any atom is -0.454 e. The Bertz CT molecular complexity index is 1030. The van der Waals surface area contributed by atoms with Gasteiger partial charge in [0.2, 0.25) is 10.0 Å². The van der Waals surface area contributed by atoms with Crippen molar-refractivity contribution in [2.75, 3.05) is 32.9 Å². The Hall–Kier alpha value is -2.52. The molecule has 1 aliphatic rings. The molecule has 3 rings (SSSR count). The standard InChI is InChI=1S/C21H20ClNO6S/c22-18-6-4-17(5-7-18)20(24)15-29-21(25)10-3-16-1-8-19(9-2-16)30(26,27)23-11-13-28-14-12-23/h1-10H,11-15H2. The number of halogens is 1. The summed E-state index contributed by atoms with van der Waals surface area (Å²) in [5.74, 6) is -1.02. The van der Waals surface area contributed by atoms with Gasteiger partial charge in [-0.25, -0.2) is 13.2 Å². The number of ketones is 1. The van der Waals surface area contributed by atoms with E-state index >= 15 is 0 Å². The molecule has 0 aromatic heterocycles. The molecule has 1 heterocycles. The van der Waals surface area contributed by atoms with E-state index in [1.165, 1.54) is 28.6 Å². The molecule has 0 amide bonds. The molecule has 2 aromatic carbocycles. The predicted molar refractivity (Wildman–Crippen MR) is 112 cm³/mol. The van der Waals surface area contributed by atoms with E-state index in [1.807, 2.05) is 0 Å². The topological polar surface area (TPSA) is 90.0 Å². The van der Waals surface area contributed by atoms with Crippen LogP contribution >= 0.6 is 11.6 Å². The van der Waals surface area contributed by atoms with Gasteiger partial charge in [-0.2, -0.15) is 4.31 Å². The number of hydrogen-bond donors (Lipinski definition) is 0. The van der Waals surface area contributed by atoms with Crippen molar-refractivity contribution in [3.05, 3.63) is 70.8 Å². The summed E-state index contributed by atoms with van der Waals surface area (Å²) in [7, 11) is -3.57. The van der Waals surface area contributed by atoms with Crippen LogP contribution in [-0.2, 0) is 24.3 Å². The Morgan fingerprint density at radius 3 is 2.30 bits per heavy atom. The zero-order valence-corrected chi connectivity index (χ0v) is 17.6. The lowest BCUT2D eigenvalue weighted by Gasteiger charge is -2.26. The van der Waals surface area contributed by atoms with Gasteiger partial charge in [-0.15, -0.1) is 0 Å². The quantitative estimate of drug-likeness (QED) is 0.367. The minimum absolute atomic E-state index is 0.178. The molecule has 1 aliphatic heterocycles. The highest BCUT2D eigenvalue weighted by Crippen LogP contribution is 2.18. The molecule has 0 unspecified atom stereocenters. The van der Waals surface area contributed by atoms with Crippen molar-refractivity contribution < 1.29 is 27.5 Å². The third-order valence-electron chi connectivity index (χ3n) is 4.41. The van der Waals surface area contributed by atoms with Crippen LogP contribution in [0.3, 0.4) is 0 Å². The zero-order chi connectivity index (χ0) is 21.6. The number of benzene rings is 2. The van der Waals surface area contributed by atoms with Gasteiger partial charge in [0, 0.05) is 29.8 Å². The Kier molecular flexibility index (Phi) is 7.38. The monoisotopic (exact) mass is 449 g/mol. The smallest absolute Gasteiger partial charge is 0.331 e. The summed E-state index contributed by atoms with van der Waals surface area (Å²) in [6.07, 6.45) is 2.67. The highest BCUT2D eigenvalue weighted by atomic mass is 35.5. The Morgan fingerprint density at radius 1 is 1.03 bits per heavy atom. The van der Waals surface area contributed by atoms with E-state index in [1.54, 1.807) is 36.4 Å². The molecule has 2 aromatic rings. The number of carbonyl (C=O) groups excluding carboxylic acids is 2. The van der Waals surface area contributed by atoms with Crippen LogP contribution in [0.15, 0.2) is 59.5 Å². The first-order valence-corrected chi connectivity index (χ1v) is 11.0. The third-order valence-corrected chi connectivity index (χ3v) is 6.58. The molecule has 0 aliphatic carbocycles. The van der Waals surface area contributed by atoms with E-state index in [-0.39, 0.29) is 17.3 Å². The van der Waals surface area contributed by atoms with Crippen LogP contribution < -0.4 is 0 Å². The molecule has 30 heavy (non-hydrogen) atoms. The highest BCUT2D eigenvalue weighted by Gasteiger charge is 2.25. The maximum absolute atomic E-state index is 12.6. The van der Waals surface area contributed by atoms with E-state index in [4.69, 9.17) is 21.1 Å². The number of esters is 1. The highest BCUT2D eigenvalue weighted by molar-refractivity contribution is 7.89. The molecule has 0 N–H and O–H groups in total. The number of carbonyl (C=O) groups is 2. The molecule has 0 spiro atoms. The fourth-order valence-electron chi connectivity index (χ4n) is 2.76. The summed E-state index contributed by atoms with van der Waals surface area (Å²) in [6, 6.07) is 12.4. The van der Waals surface area contributed by atoms with E-state index < -0.39 is 16.0 Å². The third kappa shape index (κ3) is 5.76. The van der Waals surface area contributed by atoms with E-state index in [0.717, 1.165) is 0 Å². The lowest BCUT2D eigenvalue weighted by molar-refractivity contribution is -0.136. The van der Waals surface area contributed by atoms with Crippen molar-refractivity contribution in [1.29, 1.82) is 0 Å². The maximum atomic E-state index is 12.6. The molecule has 1 saturated heterocycles. The first-order chi connectivity index (χ1) is 14.4. The van der Waals surface area contributed by atoms with E-state index in [2.05, 4.69) is 0 Å². The van der Waals surface area contributed by atoms with Crippen LogP contribution in [0.1, 0.15) is 15.9 Å². The molecule has 7 nitrogen and oxygen atoms in total. The number of ether oxygens (including phenoxy) is 2. The van der Waals surface area contributed by atoms with Crippen LogP contribution in [0, 0.1) is 0 Å². The second-order valence-electron chi connectivity index (χ2n) is 6.46. The lowest BCUT2D eigenvalue weighted by atomic mass is 10.1. The molecule has 158 valence electrons. The van der Waals surface area contributed by atoms with Crippen molar-refractivity contribution in [3.8, 4) is 0 Å². The van der Waals surface area contributed by atoms with Gasteiger partial charge in [0.1, 0.15) is 0 Å². The van der Waals surface area contributed by atoms with Gasteiger partial charge in [-0.3, -0.25) is 4.79 Å². The summed E-state index contributed by atoms with van der Waals surface area (Å²) < 4.78 is 36.7. The SMILES string of the molecule is O=C(C=Cc1ccc(S(=O)(=O)N2CCOCC2)cc1)OCC(=O)c1ccc(Cl)cc1. The average Bonchev–Trinajstić information content (AvgIpc) is 2.77. The summed E-state index contributed by atoms with van der Waals surface area (Å²) in [6.45, 7) is 1.02. The zero-order valence-electron chi connectivity index (χ0n) is 16.0. The van der Waals surface area contributed by atoms with E-state index in [9.17, 15) is 18.0 Å². The van der Waals surface area contributed by atoms with Crippen molar-refractivity contribution in [1.82, 2.24) is 4.31 Å². The number of rotatable bonds is 7. The van der Waals surface area contributed by atoms with Gasteiger partial charge in [-0.1, -0.05) is 23.7 Å². The normalized spacial score (nSPS) is 15.2. The number of morpholine rings is 1. The van der Waals surface area contributed by atoms with Crippen molar-refractivity contribution in [2.24, 2.45) is 0 Å². The van der Waals surface area contributed by atoms with Crippen LogP contribution in [0.2, 0.25) is 5.02 Å². The molecule has 1 fully saturated rings. The second-order valence-corrected chi connectivity index (χ2v) is 8.83. The number of nitrogens with zero attached hydrogens (tertiary/aromatic N) is 1. The number of hydrogen-bond acceptors (Lipinski definition) is 6. The minimum atomic E-state index is -3.57. The maximum Gasteiger partial charge on any atom is 0.331 e. The average molecular weight is 450 g/mol. The van der Waals surface area contributed by atoms with Gasteiger partial charge in [0.05, 0.1) is 18.1 Å². The lowest BCUT2D eigenvalue weighted by Crippen LogP contribution is -2.40. The molecule has 0 bridgehead atoms. The Balaban J connectivity index is 1.54. The van der Waals surface area contributed by atoms with Gasteiger partial charge < -0.3 is 9.47 Å². The molecular weight excluding hydrogens is 430 g/mol. The molecule has 0 saturated carbocycles. The van der Waals surface area contributed by atoms with E-state index in [0.29, 0.717) is 42.5 Å². The summed E-state index contributed by atoms with van der Waals surface area (Å²) in [4.78, 5) is 24.0. The molecule has 9 heteroatoms. The van der Waals surface area contributed by atoms with Crippen LogP contribution in [-0.4, -0.2) is 57.4 Å². The second kappa shape index (κ2) is 9.99. The summed E-state index contributed by atoms with van der Waals surface area (Å²) in [5.41, 5.74) is 1.02. The molecule has 0 atom stereocenters. The van der Waals surface area contributed by atoms with Gasteiger partial charge in [-0.05, 0) is 48.0 Å². The van der Waals surface area contributed by atoms with Crippen LogP contribution in [0.25, 0.3) is 6.08 Å².